The summed E-state index contributed by atoms with van der Waals surface area (Å²) in [6.07, 6.45) is 1.65. The fourth-order valence-corrected chi connectivity index (χ4v) is 1.93. The lowest BCUT2D eigenvalue weighted by Crippen LogP contribution is -1.76. The number of nitrogens with zero attached hydrogens (tertiary/aromatic N) is 1. The van der Waals surface area contributed by atoms with E-state index >= 15 is 0 Å². The zero-order valence-corrected chi connectivity index (χ0v) is 9.20. The summed E-state index contributed by atoms with van der Waals surface area (Å²) in [6.45, 7) is 0. The maximum Gasteiger partial charge on any atom is 0.137 e. The third-order valence-electron chi connectivity index (χ3n) is 2.52. The van der Waals surface area contributed by atoms with Crippen molar-refractivity contribution < 1.29 is 0 Å². The predicted molar refractivity (Wildman–Crippen MR) is 66.5 cm³/mol. The van der Waals surface area contributed by atoms with Crippen LogP contribution in [0.3, 0.4) is 0 Å². The lowest BCUT2D eigenvalue weighted by atomic mass is 10.1. The van der Waals surface area contributed by atoms with Crippen LogP contribution < -0.4 is 0 Å². The fourth-order valence-electron chi connectivity index (χ4n) is 1.76. The number of nitrogens with one attached hydrogen (secondary N) is 1. The molecule has 1 N–H and O–H groups in total. The van der Waals surface area contributed by atoms with Gasteiger partial charge in [-0.15, -0.1) is 0 Å². The van der Waals surface area contributed by atoms with Gasteiger partial charge in [0.1, 0.15) is 5.65 Å². The molecule has 0 aliphatic heterocycles. The average Bonchev–Trinajstić information content (AvgIpc) is 2.73. The first-order chi connectivity index (χ1) is 7.83. The second kappa shape index (κ2) is 3.65. The number of halogens is 1. The van der Waals surface area contributed by atoms with E-state index in [1.807, 2.05) is 24.3 Å². The number of hydrogen-bond acceptors (Lipinski definition) is 1. The fraction of sp³-hybridized carbons (Fsp3) is 0. The summed E-state index contributed by atoms with van der Waals surface area (Å²) in [4.78, 5) is 7.51. The smallest absolute Gasteiger partial charge is 0.137 e. The Balaban J connectivity index is 2.19. The molecule has 2 heterocycles. The van der Waals surface area contributed by atoms with Gasteiger partial charge in [0.15, 0.2) is 0 Å². The number of aromatic amines is 1. The van der Waals surface area contributed by atoms with Crippen molar-refractivity contribution in [2.75, 3.05) is 0 Å². The van der Waals surface area contributed by atoms with E-state index in [0.717, 1.165) is 22.3 Å². The van der Waals surface area contributed by atoms with Crippen molar-refractivity contribution in [3.05, 3.63) is 53.7 Å². The van der Waals surface area contributed by atoms with E-state index in [2.05, 4.69) is 28.2 Å². The van der Waals surface area contributed by atoms with Gasteiger partial charge in [0.05, 0.1) is 5.02 Å². The van der Waals surface area contributed by atoms with Gasteiger partial charge >= 0.3 is 0 Å². The van der Waals surface area contributed by atoms with E-state index in [4.69, 9.17) is 11.6 Å². The lowest BCUT2D eigenvalue weighted by Gasteiger charge is -1.94. The molecule has 78 valence electrons. The minimum atomic E-state index is 0.658. The van der Waals surface area contributed by atoms with E-state index in [9.17, 15) is 0 Å². The maximum atomic E-state index is 5.90. The van der Waals surface area contributed by atoms with E-state index in [1.165, 1.54) is 0 Å². The SMILES string of the molecule is Clc1cnc2[nH]c(-c3ccccc3)cc2c1. The van der Waals surface area contributed by atoms with Crippen molar-refractivity contribution >= 4 is 22.6 Å². The number of hydrogen-bond donors (Lipinski definition) is 1. The van der Waals surface area contributed by atoms with Crippen molar-refractivity contribution in [1.29, 1.82) is 0 Å². The maximum absolute atomic E-state index is 5.90. The average molecular weight is 229 g/mol. The van der Waals surface area contributed by atoms with E-state index in [0.29, 0.717) is 5.02 Å². The van der Waals surface area contributed by atoms with Crippen molar-refractivity contribution in [1.82, 2.24) is 9.97 Å². The van der Waals surface area contributed by atoms with Crippen LogP contribution in [0.5, 0.6) is 0 Å². The Bertz CT molecular complexity index is 629. The Kier molecular flexibility index (Phi) is 2.15. The number of H-pyrrole nitrogens is 1. The van der Waals surface area contributed by atoms with Crippen LogP contribution in [0.2, 0.25) is 5.02 Å². The van der Waals surface area contributed by atoms with Crippen LogP contribution in [0.25, 0.3) is 22.3 Å². The molecular weight excluding hydrogens is 220 g/mol. The molecule has 0 saturated heterocycles. The van der Waals surface area contributed by atoms with E-state index < -0.39 is 0 Å². The summed E-state index contributed by atoms with van der Waals surface area (Å²) in [7, 11) is 0. The van der Waals surface area contributed by atoms with Gasteiger partial charge in [-0.25, -0.2) is 4.98 Å². The highest BCUT2D eigenvalue weighted by atomic mass is 35.5. The van der Waals surface area contributed by atoms with E-state index in [1.54, 1.807) is 6.20 Å². The quantitative estimate of drug-likeness (QED) is 0.673. The summed E-state index contributed by atoms with van der Waals surface area (Å²) in [5, 5.41) is 1.69. The Labute approximate surface area is 97.9 Å². The number of rotatable bonds is 1. The second-order valence-electron chi connectivity index (χ2n) is 3.64. The molecule has 2 aromatic heterocycles. The first kappa shape index (κ1) is 9.43. The van der Waals surface area contributed by atoms with Crippen molar-refractivity contribution in [2.45, 2.75) is 0 Å². The third-order valence-corrected chi connectivity index (χ3v) is 2.73. The third kappa shape index (κ3) is 1.57. The molecule has 1 aromatic carbocycles. The van der Waals surface area contributed by atoms with Gasteiger partial charge in [0.2, 0.25) is 0 Å². The van der Waals surface area contributed by atoms with Gasteiger partial charge in [-0.05, 0) is 17.7 Å². The van der Waals surface area contributed by atoms with Crippen LogP contribution in [0.15, 0.2) is 48.7 Å². The molecule has 0 bridgehead atoms. The number of aromatic nitrogens is 2. The molecule has 3 aromatic rings. The molecule has 0 unspecified atom stereocenters. The summed E-state index contributed by atoms with van der Waals surface area (Å²) in [5.41, 5.74) is 3.07. The molecular formula is C13H9ClN2. The summed E-state index contributed by atoms with van der Waals surface area (Å²) >= 11 is 5.90. The molecule has 3 heteroatoms. The van der Waals surface area contributed by atoms with Crippen molar-refractivity contribution in [3.8, 4) is 11.3 Å². The molecule has 0 spiro atoms. The van der Waals surface area contributed by atoms with Crippen molar-refractivity contribution in [3.63, 3.8) is 0 Å². The minimum Gasteiger partial charge on any atom is -0.339 e. The molecule has 0 saturated carbocycles. The van der Waals surface area contributed by atoms with Gasteiger partial charge in [-0.2, -0.15) is 0 Å². The van der Waals surface area contributed by atoms with Crippen LogP contribution in [0.4, 0.5) is 0 Å². The first-order valence-corrected chi connectivity index (χ1v) is 5.40. The largest absolute Gasteiger partial charge is 0.339 e. The Hall–Kier alpha value is -1.80. The Morgan fingerprint density at radius 2 is 1.88 bits per heavy atom. The molecule has 0 aliphatic rings. The number of pyridine rings is 1. The molecule has 2 nitrogen and oxygen atoms in total. The summed E-state index contributed by atoms with van der Waals surface area (Å²) in [5.74, 6) is 0. The molecule has 16 heavy (non-hydrogen) atoms. The Morgan fingerprint density at radius 3 is 2.69 bits per heavy atom. The topological polar surface area (TPSA) is 28.7 Å². The molecule has 3 rings (SSSR count). The zero-order valence-electron chi connectivity index (χ0n) is 8.44. The van der Waals surface area contributed by atoms with Gasteiger partial charge in [-0.1, -0.05) is 41.9 Å². The van der Waals surface area contributed by atoms with Gasteiger partial charge < -0.3 is 4.98 Å². The second-order valence-corrected chi connectivity index (χ2v) is 4.08. The zero-order chi connectivity index (χ0) is 11.0. The predicted octanol–water partition coefficient (Wildman–Crippen LogP) is 3.88. The highest BCUT2D eigenvalue weighted by Crippen LogP contribution is 2.24. The summed E-state index contributed by atoms with van der Waals surface area (Å²) < 4.78 is 0. The van der Waals surface area contributed by atoms with Crippen LogP contribution in [-0.2, 0) is 0 Å². The summed E-state index contributed by atoms with van der Waals surface area (Å²) in [6, 6.07) is 14.1. The van der Waals surface area contributed by atoms with E-state index in [-0.39, 0.29) is 0 Å². The normalized spacial score (nSPS) is 10.8. The van der Waals surface area contributed by atoms with Crippen LogP contribution in [0.1, 0.15) is 0 Å². The van der Waals surface area contributed by atoms with Gasteiger partial charge in [0.25, 0.3) is 0 Å². The highest BCUT2D eigenvalue weighted by molar-refractivity contribution is 6.31. The lowest BCUT2D eigenvalue weighted by molar-refractivity contribution is 1.32. The minimum absolute atomic E-state index is 0.658. The molecule has 0 fully saturated rings. The highest BCUT2D eigenvalue weighted by Gasteiger charge is 2.03. The van der Waals surface area contributed by atoms with Crippen LogP contribution in [0, 0.1) is 0 Å². The molecule has 0 aliphatic carbocycles. The monoisotopic (exact) mass is 228 g/mol. The standard InChI is InChI=1S/C13H9ClN2/c14-11-6-10-7-12(16-13(10)15-8-11)9-4-2-1-3-5-9/h1-8H,(H,15,16). The molecule has 0 radical (unpaired) electrons. The molecule has 0 atom stereocenters. The van der Waals surface area contributed by atoms with Gasteiger partial charge in [-0.3, -0.25) is 0 Å². The van der Waals surface area contributed by atoms with Crippen LogP contribution in [-0.4, -0.2) is 9.97 Å². The Morgan fingerprint density at radius 1 is 1.06 bits per heavy atom. The number of fused-ring (bicyclic) bond motifs is 1. The van der Waals surface area contributed by atoms with Crippen LogP contribution >= 0.6 is 11.6 Å². The molecule has 0 amide bonds. The van der Waals surface area contributed by atoms with Crippen molar-refractivity contribution in [2.24, 2.45) is 0 Å². The van der Waals surface area contributed by atoms with Gasteiger partial charge in [0, 0.05) is 17.3 Å². The number of benzene rings is 1. The first-order valence-electron chi connectivity index (χ1n) is 5.02.